The van der Waals surface area contributed by atoms with Gasteiger partial charge in [-0.3, -0.25) is 4.57 Å². The quantitative estimate of drug-likeness (QED) is 0.757. The number of hydrogen-bond acceptors (Lipinski definition) is 4. The summed E-state index contributed by atoms with van der Waals surface area (Å²) in [5.74, 6) is -0.483. The summed E-state index contributed by atoms with van der Waals surface area (Å²) in [4.78, 5) is 23.0. The molecule has 0 amide bonds. The molecule has 0 bridgehead atoms. The molecule has 6 nitrogen and oxygen atoms in total. The molecule has 1 saturated carbocycles. The summed E-state index contributed by atoms with van der Waals surface area (Å²) in [6, 6.07) is 0.0779. The van der Waals surface area contributed by atoms with Crippen molar-refractivity contribution in [1.29, 1.82) is 0 Å². The molecule has 1 aliphatic carbocycles. The van der Waals surface area contributed by atoms with Gasteiger partial charge < -0.3 is 4.74 Å². The second-order valence-corrected chi connectivity index (χ2v) is 4.01. The highest BCUT2D eigenvalue weighted by Gasteiger charge is 2.24. The zero-order valence-corrected chi connectivity index (χ0v) is 9.23. The number of H-pyrrole nitrogens is 1. The van der Waals surface area contributed by atoms with Crippen molar-refractivity contribution in [2.45, 2.75) is 38.1 Å². The van der Waals surface area contributed by atoms with Crippen LogP contribution < -0.4 is 5.69 Å². The van der Waals surface area contributed by atoms with E-state index in [1.807, 2.05) is 0 Å². The van der Waals surface area contributed by atoms with Crippen LogP contribution in [0.5, 0.6) is 0 Å². The van der Waals surface area contributed by atoms with Crippen LogP contribution in [0.4, 0.5) is 0 Å². The van der Waals surface area contributed by atoms with E-state index in [4.69, 9.17) is 0 Å². The number of hydrogen-bond donors (Lipinski definition) is 1. The Hall–Kier alpha value is -1.59. The van der Waals surface area contributed by atoms with Crippen molar-refractivity contribution in [3.05, 3.63) is 16.3 Å². The average molecular weight is 225 g/mol. The highest BCUT2D eigenvalue weighted by Crippen LogP contribution is 2.27. The normalized spacial score (nSPS) is 17.3. The molecule has 0 unspecified atom stereocenters. The van der Waals surface area contributed by atoms with Crippen molar-refractivity contribution in [3.63, 3.8) is 0 Å². The highest BCUT2D eigenvalue weighted by atomic mass is 16.5. The summed E-state index contributed by atoms with van der Waals surface area (Å²) in [5.41, 5.74) is -0.327. The topological polar surface area (TPSA) is 77.0 Å². The lowest BCUT2D eigenvalue weighted by Gasteiger charge is -2.22. The summed E-state index contributed by atoms with van der Waals surface area (Å²) in [6.45, 7) is 0. The summed E-state index contributed by atoms with van der Waals surface area (Å²) in [5, 5.41) is 6.02. The molecular weight excluding hydrogens is 210 g/mol. The van der Waals surface area contributed by atoms with Gasteiger partial charge in [0.2, 0.25) is 5.82 Å². The van der Waals surface area contributed by atoms with Gasteiger partial charge in [-0.15, -0.1) is 5.10 Å². The second kappa shape index (κ2) is 4.51. The molecule has 0 aromatic carbocycles. The first-order valence-corrected chi connectivity index (χ1v) is 5.49. The maximum atomic E-state index is 11.6. The van der Waals surface area contributed by atoms with Gasteiger partial charge in [0.05, 0.1) is 7.11 Å². The molecule has 88 valence electrons. The fourth-order valence-corrected chi connectivity index (χ4v) is 2.22. The van der Waals surface area contributed by atoms with Crippen LogP contribution in [-0.2, 0) is 4.74 Å². The molecule has 0 radical (unpaired) electrons. The smallest absolute Gasteiger partial charge is 0.376 e. The van der Waals surface area contributed by atoms with Crippen LogP contribution in [0.3, 0.4) is 0 Å². The Morgan fingerprint density at radius 1 is 1.44 bits per heavy atom. The zero-order chi connectivity index (χ0) is 11.5. The Balaban J connectivity index is 2.34. The summed E-state index contributed by atoms with van der Waals surface area (Å²) < 4.78 is 6.04. The molecule has 0 atom stereocenters. The van der Waals surface area contributed by atoms with Crippen molar-refractivity contribution >= 4 is 5.97 Å². The van der Waals surface area contributed by atoms with Crippen LogP contribution in [0.1, 0.15) is 48.8 Å². The third kappa shape index (κ3) is 1.87. The Bertz CT molecular complexity index is 429. The third-order valence-corrected chi connectivity index (χ3v) is 3.01. The first-order chi connectivity index (χ1) is 7.74. The Morgan fingerprint density at radius 3 is 2.75 bits per heavy atom. The van der Waals surface area contributed by atoms with Gasteiger partial charge in [0, 0.05) is 6.04 Å². The van der Waals surface area contributed by atoms with Crippen molar-refractivity contribution < 1.29 is 9.53 Å². The fourth-order valence-electron chi connectivity index (χ4n) is 2.22. The number of nitrogens with one attached hydrogen (secondary N) is 1. The third-order valence-electron chi connectivity index (χ3n) is 3.01. The molecule has 1 fully saturated rings. The van der Waals surface area contributed by atoms with Crippen LogP contribution >= 0.6 is 0 Å². The lowest BCUT2D eigenvalue weighted by Crippen LogP contribution is -2.27. The van der Waals surface area contributed by atoms with Crippen LogP contribution in [0, 0.1) is 0 Å². The van der Waals surface area contributed by atoms with E-state index in [2.05, 4.69) is 14.9 Å². The molecule has 1 aliphatic rings. The van der Waals surface area contributed by atoms with E-state index in [9.17, 15) is 9.59 Å². The van der Waals surface area contributed by atoms with Crippen molar-refractivity contribution in [2.75, 3.05) is 7.11 Å². The van der Waals surface area contributed by atoms with Gasteiger partial charge in [0.25, 0.3) is 0 Å². The SMILES string of the molecule is COC(=O)c1n[nH]c(=O)n1C1CCCCC1. The van der Waals surface area contributed by atoms with Gasteiger partial charge in [-0.1, -0.05) is 19.3 Å². The zero-order valence-electron chi connectivity index (χ0n) is 9.23. The monoisotopic (exact) mass is 225 g/mol. The van der Waals surface area contributed by atoms with E-state index >= 15 is 0 Å². The van der Waals surface area contributed by atoms with Crippen LogP contribution in [0.15, 0.2) is 4.79 Å². The van der Waals surface area contributed by atoms with Gasteiger partial charge in [-0.25, -0.2) is 14.7 Å². The number of rotatable bonds is 2. The number of carbonyl (C=O) groups excluding carboxylic acids is 1. The molecule has 6 heteroatoms. The van der Waals surface area contributed by atoms with Gasteiger partial charge in [0.1, 0.15) is 0 Å². The minimum atomic E-state index is -0.566. The molecule has 16 heavy (non-hydrogen) atoms. The minimum absolute atomic E-state index is 0.0779. The number of ether oxygens (including phenoxy) is 1. The standard InChI is InChI=1S/C10H15N3O3/c1-16-9(14)8-11-12-10(15)13(8)7-5-3-2-4-6-7/h7H,2-6H2,1H3,(H,12,15). The Labute approximate surface area is 92.6 Å². The van der Waals surface area contributed by atoms with Crippen molar-refractivity contribution in [1.82, 2.24) is 14.8 Å². The van der Waals surface area contributed by atoms with Crippen LogP contribution in [0.25, 0.3) is 0 Å². The lowest BCUT2D eigenvalue weighted by molar-refractivity contribution is 0.0575. The molecular formula is C10H15N3O3. The number of aromatic nitrogens is 3. The van der Waals surface area contributed by atoms with E-state index in [1.54, 1.807) is 0 Å². The van der Waals surface area contributed by atoms with Gasteiger partial charge in [-0.05, 0) is 12.8 Å². The molecule has 2 rings (SSSR count). The Kier molecular flexibility index (Phi) is 3.07. The molecule has 1 heterocycles. The number of esters is 1. The summed E-state index contributed by atoms with van der Waals surface area (Å²) in [7, 11) is 1.28. The first-order valence-electron chi connectivity index (χ1n) is 5.49. The molecule has 1 N–H and O–H groups in total. The minimum Gasteiger partial charge on any atom is -0.463 e. The predicted octanol–water partition coefficient (Wildman–Crippen LogP) is 0.863. The van der Waals surface area contributed by atoms with E-state index in [0.717, 1.165) is 25.7 Å². The number of carbonyl (C=O) groups is 1. The first kappa shape index (κ1) is 10.9. The van der Waals surface area contributed by atoms with E-state index in [0.29, 0.717) is 0 Å². The van der Waals surface area contributed by atoms with Gasteiger partial charge in [0.15, 0.2) is 0 Å². The average Bonchev–Trinajstić information content (AvgIpc) is 2.71. The van der Waals surface area contributed by atoms with Gasteiger partial charge in [-0.2, -0.15) is 0 Å². The van der Waals surface area contributed by atoms with E-state index in [-0.39, 0.29) is 17.6 Å². The summed E-state index contributed by atoms with van der Waals surface area (Å²) >= 11 is 0. The number of aromatic amines is 1. The molecule has 1 aromatic heterocycles. The van der Waals surface area contributed by atoms with Crippen LogP contribution in [-0.4, -0.2) is 27.8 Å². The lowest BCUT2D eigenvalue weighted by atomic mass is 9.95. The van der Waals surface area contributed by atoms with Crippen molar-refractivity contribution in [2.24, 2.45) is 0 Å². The number of nitrogens with zero attached hydrogens (tertiary/aromatic N) is 2. The molecule has 0 aliphatic heterocycles. The maximum Gasteiger partial charge on any atom is 0.376 e. The molecule has 1 aromatic rings. The number of methoxy groups -OCH3 is 1. The van der Waals surface area contributed by atoms with E-state index in [1.165, 1.54) is 18.1 Å². The molecule has 0 spiro atoms. The van der Waals surface area contributed by atoms with E-state index < -0.39 is 5.97 Å². The molecule has 0 saturated heterocycles. The van der Waals surface area contributed by atoms with Crippen LogP contribution in [0.2, 0.25) is 0 Å². The maximum absolute atomic E-state index is 11.6. The summed E-state index contributed by atoms with van der Waals surface area (Å²) in [6.07, 6.45) is 5.20. The predicted molar refractivity (Wildman–Crippen MR) is 56.3 cm³/mol. The van der Waals surface area contributed by atoms with Crippen molar-refractivity contribution in [3.8, 4) is 0 Å². The largest absolute Gasteiger partial charge is 0.463 e. The van der Waals surface area contributed by atoms with Gasteiger partial charge >= 0.3 is 11.7 Å². The fraction of sp³-hybridized carbons (Fsp3) is 0.700. The highest BCUT2D eigenvalue weighted by molar-refractivity contribution is 5.85. The second-order valence-electron chi connectivity index (χ2n) is 4.01. The Morgan fingerprint density at radius 2 is 2.12 bits per heavy atom.